The van der Waals surface area contributed by atoms with Gasteiger partial charge in [0.15, 0.2) is 6.61 Å². The van der Waals surface area contributed by atoms with Crippen LogP contribution in [0.2, 0.25) is 5.02 Å². The number of benzene rings is 3. The third kappa shape index (κ3) is 5.07. The van der Waals surface area contributed by atoms with Crippen LogP contribution in [0.4, 0.5) is 5.69 Å². The summed E-state index contributed by atoms with van der Waals surface area (Å²) in [4.78, 5) is 12.2. The maximum atomic E-state index is 12.2. The van der Waals surface area contributed by atoms with E-state index in [9.17, 15) is 4.79 Å². The molecule has 0 saturated heterocycles. The molecule has 8 heteroatoms. The van der Waals surface area contributed by atoms with Crippen molar-refractivity contribution in [1.82, 2.24) is 10.2 Å². The van der Waals surface area contributed by atoms with Crippen molar-refractivity contribution in [2.24, 2.45) is 0 Å². The molecule has 0 aliphatic rings. The second-order valence-electron chi connectivity index (χ2n) is 6.08. The molecular formula is C21H16ClN3O3S. The Morgan fingerprint density at radius 2 is 1.83 bits per heavy atom. The quantitative estimate of drug-likeness (QED) is 0.411. The van der Waals surface area contributed by atoms with Gasteiger partial charge >= 0.3 is 0 Å². The molecule has 1 amide bonds. The minimum Gasteiger partial charge on any atom is -0.482 e. The minimum absolute atomic E-state index is 0.0978. The Morgan fingerprint density at radius 3 is 2.69 bits per heavy atom. The lowest BCUT2D eigenvalue weighted by atomic mass is 10.1. The molecular weight excluding hydrogens is 410 g/mol. The van der Waals surface area contributed by atoms with Crippen LogP contribution in [0.3, 0.4) is 0 Å². The Hall–Kier alpha value is -3.03. The van der Waals surface area contributed by atoms with E-state index in [2.05, 4.69) is 15.5 Å². The largest absolute Gasteiger partial charge is 0.482 e. The van der Waals surface area contributed by atoms with Crippen LogP contribution in [0.25, 0.3) is 10.8 Å². The van der Waals surface area contributed by atoms with E-state index in [0.29, 0.717) is 21.9 Å². The predicted octanol–water partition coefficient (Wildman–Crippen LogP) is 5.19. The van der Waals surface area contributed by atoms with Crippen LogP contribution < -0.4 is 10.1 Å². The molecule has 1 aromatic heterocycles. The Labute approximate surface area is 176 Å². The van der Waals surface area contributed by atoms with Crippen molar-refractivity contribution >= 4 is 45.7 Å². The van der Waals surface area contributed by atoms with Crippen LogP contribution in [0, 0.1) is 0 Å². The fourth-order valence-electron chi connectivity index (χ4n) is 2.65. The molecule has 0 fully saturated rings. The number of nitrogens with one attached hydrogen (secondary N) is 1. The molecule has 0 unspecified atom stereocenters. The molecule has 0 aliphatic heterocycles. The van der Waals surface area contributed by atoms with E-state index in [-0.39, 0.29) is 18.3 Å². The van der Waals surface area contributed by atoms with Gasteiger partial charge in [0.2, 0.25) is 5.91 Å². The highest BCUT2D eigenvalue weighted by Gasteiger charge is 2.11. The number of halogens is 1. The highest BCUT2D eigenvalue weighted by Crippen LogP contribution is 2.25. The molecule has 0 radical (unpaired) electrons. The summed E-state index contributed by atoms with van der Waals surface area (Å²) in [6, 6.07) is 20.9. The highest BCUT2D eigenvalue weighted by atomic mass is 35.5. The number of aromatic nitrogens is 2. The average Bonchev–Trinajstić information content (AvgIpc) is 3.19. The van der Waals surface area contributed by atoms with Gasteiger partial charge in [-0.25, -0.2) is 0 Å². The summed E-state index contributed by atoms with van der Waals surface area (Å²) in [6.07, 6.45) is 0. The zero-order chi connectivity index (χ0) is 20.1. The standard InChI is InChI=1S/C21H16ClN3O3S/c22-17-7-3-4-8-18(17)27-12-20-24-25-21(28-20)29-13-19(26)23-16-10-9-14-5-1-2-6-15(14)11-16/h1-11H,12-13H2,(H,23,26). The number of rotatable bonds is 7. The average molecular weight is 426 g/mol. The van der Waals surface area contributed by atoms with Crippen molar-refractivity contribution in [3.8, 4) is 5.75 Å². The van der Waals surface area contributed by atoms with Crippen molar-refractivity contribution in [3.05, 3.63) is 77.6 Å². The SMILES string of the molecule is O=C(CSc1nnc(COc2ccccc2Cl)o1)Nc1ccc2ccccc2c1. The van der Waals surface area contributed by atoms with Gasteiger partial charge < -0.3 is 14.5 Å². The monoisotopic (exact) mass is 425 g/mol. The first-order chi connectivity index (χ1) is 14.2. The van der Waals surface area contributed by atoms with Gasteiger partial charge in [0, 0.05) is 5.69 Å². The fraction of sp³-hybridized carbons (Fsp3) is 0.0952. The predicted molar refractivity (Wildman–Crippen MR) is 113 cm³/mol. The maximum Gasteiger partial charge on any atom is 0.277 e. The van der Waals surface area contributed by atoms with E-state index < -0.39 is 0 Å². The number of para-hydroxylation sites is 1. The number of anilines is 1. The molecule has 1 heterocycles. The molecule has 0 saturated carbocycles. The molecule has 0 bridgehead atoms. The first kappa shape index (κ1) is 19.3. The molecule has 0 aliphatic carbocycles. The van der Waals surface area contributed by atoms with Gasteiger partial charge in [-0.05, 0) is 35.0 Å². The Bertz CT molecular complexity index is 1150. The molecule has 3 aromatic carbocycles. The first-order valence-electron chi connectivity index (χ1n) is 8.78. The van der Waals surface area contributed by atoms with Crippen LogP contribution in [0.1, 0.15) is 5.89 Å². The van der Waals surface area contributed by atoms with Gasteiger partial charge in [-0.1, -0.05) is 65.8 Å². The van der Waals surface area contributed by atoms with E-state index in [1.807, 2.05) is 54.6 Å². The van der Waals surface area contributed by atoms with Gasteiger partial charge in [0.25, 0.3) is 11.1 Å². The summed E-state index contributed by atoms with van der Waals surface area (Å²) in [5.74, 6) is 0.843. The van der Waals surface area contributed by atoms with Crippen LogP contribution in [-0.2, 0) is 11.4 Å². The summed E-state index contributed by atoms with van der Waals surface area (Å²) in [5, 5.41) is 13.7. The molecule has 146 valence electrons. The van der Waals surface area contributed by atoms with E-state index in [0.717, 1.165) is 28.2 Å². The minimum atomic E-state index is -0.155. The molecule has 4 aromatic rings. The third-order valence-electron chi connectivity index (χ3n) is 4.00. The van der Waals surface area contributed by atoms with E-state index in [1.165, 1.54) is 0 Å². The van der Waals surface area contributed by atoms with Crippen molar-refractivity contribution < 1.29 is 13.9 Å². The normalized spacial score (nSPS) is 10.8. The molecule has 0 spiro atoms. The zero-order valence-electron chi connectivity index (χ0n) is 15.2. The summed E-state index contributed by atoms with van der Waals surface area (Å²) in [6.45, 7) is 0.0978. The number of thioether (sulfide) groups is 1. The summed E-state index contributed by atoms with van der Waals surface area (Å²) < 4.78 is 11.1. The summed E-state index contributed by atoms with van der Waals surface area (Å²) in [7, 11) is 0. The molecule has 4 rings (SSSR count). The van der Waals surface area contributed by atoms with Crippen LogP contribution in [-0.4, -0.2) is 21.9 Å². The summed E-state index contributed by atoms with van der Waals surface area (Å²) >= 11 is 7.20. The number of hydrogen-bond donors (Lipinski definition) is 1. The van der Waals surface area contributed by atoms with Crippen molar-refractivity contribution in [3.63, 3.8) is 0 Å². The number of carbonyl (C=O) groups is 1. The summed E-state index contributed by atoms with van der Waals surface area (Å²) in [5.41, 5.74) is 0.744. The van der Waals surface area contributed by atoms with Gasteiger partial charge in [0.05, 0.1) is 10.8 Å². The fourth-order valence-corrected chi connectivity index (χ4v) is 3.42. The molecule has 1 N–H and O–H groups in total. The molecule has 6 nitrogen and oxygen atoms in total. The number of amides is 1. The second-order valence-corrected chi connectivity index (χ2v) is 7.41. The highest BCUT2D eigenvalue weighted by molar-refractivity contribution is 7.99. The van der Waals surface area contributed by atoms with Gasteiger partial charge in [-0.2, -0.15) is 0 Å². The zero-order valence-corrected chi connectivity index (χ0v) is 16.7. The van der Waals surface area contributed by atoms with Crippen molar-refractivity contribution in [2.45, 2.75) is 11.8 Å². The number of ether oxygens (including phenoxy) is 1. The van der Waals surface area contributed by atoms with Crippen molar-refractivity contribution in [2.75, 3.05) is 11.1 Å². The van der Waals surface area contributed by atoms with Crippen LogP contribution in [0.5, 0.6) is 5.75 Å². The number of carbonyl (C=O) groups excluding carboxylic acids is 1. The lowest BCUT2D eigenvalue weighted by molar-refractivity contribution is -0.113. The number of nitrogens with zero attached hydrogens (tertiary/aromatic N) is 2. The van der Waals surface area contributed by atoms with Gasteiger partial charge in [0.1, 0.15) is 5.75 Å². The smallest absolute Gasteiger partial charge is 0.277 e. The molecule has 29 heavy (non-hydrogen) atoms. The van der Waals surface area contributed by atoms with Crippen molar-refractivity contribution in [1.29, 1.82) is 0 Å². The lowest BCUT2D eigenvalue weighted by Gasteiger charge is -2.05. The van der Waals surface area contributed by atoms with E-state index in [1.54, 1.807) is 12.1 Å². The Balaban J connectivity index is 1.28. The number of fused-ring (bicyclic) bond motifs is 1. The Morgan fingerprint density at radius 1 is 1.03 bits per heavy atom. The van der Waals surface area contributed by atoms with E-state index in [4.69, 9.17) is 20.8 Å². The molecule has 0 atom stereocenters. The number of hydrogen-bond acceptors (Lipinski definition) is 6. The van der Waals surface area contributed by atoms with Gasteiger partial charge in [-0.3, -0.25) is 4.79 Å². The van der Waals surface area contributed by atoms with E-state index >= 15 is 0 Å². The maximum absolute atomic E-state index is 12.2. The van der Waals surface area contributed by atoms with Crippen LogP contribution >= 0.6 is 23.4 Å². The lowest BCUT2D eigenvalue weighted by Crippen LogP contribution is -2.13. The Kier molecular flexibility index (Phi) is 5.97. The second kappa shape index (κ2) is 8.98. The topological polar surface area (TPSA) is 77.2 Å². The van der Waals surface area contributed by atoms with Gasteiger partial charge in [-0.15, -0.1) is 10.2 Å². The third-order valence-corrected chi connectivity index (χ3v) is 5.13. The first-order valence-corrected chi connectivity index (χ1v) is 10.1. The van der Waals surface area contributed by atoms with Crippen LogP contribution in [0.15, 0.2) is 76.4 Å².